The molecule has 5 nitrogen and oxygen atoms in total. The summed E-state index contributed by atoms with van der Waals surface area (Å²) < 4.78 is 10.5. The lowest BCUT2D eigenvalue weighted by molar-refractivity contribution is -0.116. The fraction of sp³-hybridized carbons (Fsp3) is 0.462. The summed E-state index contributed by atoms with van der Waals surface area (Å²) in [6.07, 6.45) is 1.15. The van der Waals surface area contributed by atoms with Crippen LogP contribution in [0.4, 0.5) is 5.69 Å². The Bertz CT molecular complexity index is 375. The van der Waals surface area contributed by atoms with Crippen molar-refractivity contribution in [1.82, 2.24) is 0 Å². The molecular formula is C13H21ClN2O3. The molecule has 0 aromatic heterocycles. The van der Waals surface area contributed by atoms with E-state index in [1.54, 1.807) is 13.2 Å². The highest BCUT2D eigenvalue weighted by Crippen LogP contribution is 2.17. The maximum absolute atomic E-state index is 11.4. The largest absolute Gasteiger partial charge is 0.493 e. The van der Waals surface area contributed by atoms with Crippen molar-refractivity contribution in [3.8, 4) is 5.75 Å². The van der Waals surface area contributed by atoms with Crippen LogP contribution in [0.1, 0.15) is 12.8 Å². The summed E-state index contributed by atoms with van der Waals surface area (Å²) in [7, 11) is 1.66. The number of hydrogen-bond donors (Lipinski definition) is 2. The lowest BCUT2D eigenvalue weighted by Crippen LogP contribution is -2.16. The minimum atomic E-state index is -0.0889. The molecule has 6 heteroatoms. The quantitative estimate of drug-likeness (QED) is 0.716. The second-order valence-corrected chi connectivity index (χ2v) is 3.81. The van der Waals surface area contributed by atoms with Gasteiger partial charge in [0.05, 0.1) is 6.61 Å². The predicted molar refractivity (Wildman–Crippen MR) is 78.0 cm³/mol. The van der Waals surface area contributed by atoms with E-state index in [1.807, 2.05) is 18.2 Å². The molecule has 0 heterocycles. The Morgan fingerprint density at radius 1 is 1.37 bits per heavy atom. The van der Waals surface area contributed by atoms with Crippen LogP contribution < -0.4 is 15.8 Å². The lowest BCUT2D eigenvalue weighted by atomic mass is 10.3. The van der Waals surface area contributed by atoms with Crippen LogP contribution in [0.25, 0.3) is 0 Å². The summed E-state index contributed by atoms with van der Waals surface area (Å²) in [5, 5.41) is 2.76. The van der Waals surface area contributed by atoms with E-state index in [9.17, 15) is 4.79 Å². The Morgan fingerprint density at radius 2 is 2.16 bits per heavy atom. The minimum absolute atomic E-state index is 0. The first kappa shape index (κ1) is 17.7. The van der Waals surface area contributed by atoms with Crippen molar-refractivity contribution in [2.75, 3.05) is 32.2 Å². The molecule has 0 bridgehead atoms. The molecule has 108 valence electrons. The molecule has 19 heavy (non-hydrogen) atoms. The van der Waals surface area contributed by atoms with E-state index in [-0.39, 0.29) is 18.3 Å². The van der Waals surface area contributed by atoms with Crippen LogP contribution in [0, 0.1) is 0 Å². The van der Waals surface area contributed by atoms with Crippen molar-refractivity contribution in [3.63, 3.8) is 0 Å². The second-order valence-electron chi connectivity index (χ2n) is 3.81. The van der Waals surface area contributed by atoms with Crippen LogP contribution in [0.5, 0.6) is 5.75 Å². The number of ether oxygens (including phenoxy) is 2. The van der Waals surface area contributed by atoms with E-state index in [4.69, 9.17) is 15.2 Å². The molecule has 0 aliphatic rings. The molecule has 1 amide bonds. The van der Waals surface area contributed by atoms with Crippen molar-refractivity contribution >= 4 is 24.0 Å². The van der Waals surface area contributed by atoms with E-state index >= 15 is 0 Å². The number of hydrogen-bond acceptors (Lipinski definition) is 4. The highest BCUT2D eigenvalue weighted by molar-refractivity contribution is 5.90. The fourth-order valence-corrected chi connectivity index (χ4v) is 1.41. The van der Waals surface area contributed by atoms with Crippen molar-refractivity contribution in [2.45, 2.75) is 12.8 Å². The Balaban J connectivity index is 0.00000324. The number of nitrogens with one attached hydrogen (secondary N) is 1. The second kappa shape index (κ2) is 10.6. The zero-order chi connectivity index (χ0) is 13.2. The van der Waals surface area contributed by atoms with Crippen molar-refractivity contribution < 1.29 is 14.3 Å². The number of amides is 1. The van der Waals surface area contributed by atoms with E-state index < -0.39 is 0 Å². The zero-order valence-electron chi connectivity index (χ0n) is 11.1. The van der Waals surface area contributed by atoms with Gasteiger partial charge in [-0.1, -0.05) is 6.07 Å². The molecule has 3 N–H and O–H groups in total. The van der Waals surface area contributed by atoms with Gasteiger partial charge in [-0.05, 0) is 12.1 Å². The smallest absolute Gasteiger partial charge is 0.225 e. The maximum atomic E-state index is 11.4. The van der Waals surface area contributed by atoms with Gasteiger partial charge in [-0.2, -0.15) is 0 Å². The van der Waals surface area contributed by atoms with Crippen LogP contribution >= 0.6 is 12.4 Å². The van der Waals surface area contributed by atoms with E-state index in [0.29, 0.717) is 26.2 Å². The van der Waals surface area contributed by atoms with Crippen LogP contribution in [0.2, 0.25) is 0 Å². The Morgan fingerprint density at radius 3 is 2.84 bits per heavy atom. The van der Waals surface area contributed by atoms with Gasteiger partial charge in [0.2, 0.25) is 5.91 Å². The number of halogens is 1. The molecule has 0 atom stereocenters. The number of benzene rings is 1. The van der Waals surface area contributed by atoms with E-state index in [2.05, 4.69) is 5.32 Å². The number of carbonyl (C=O) groups is 1. The molecule has 0 unspecified atom stereocenters. The molecule has 1 rings (SSSR count). The molecule has 1 aromatic carbocycles. The third-order valence-electron chi connectivity index (χ3n) is 2.25. The van der Waals surface area contributed by atoms with Crippen LogP contribution in [-0.2, 0) is 9.53 Å². The van der Waals surface area contributed by atoms with Gasteiger partial charge in [-0.25, -0.2) is 0 Å². The third kappa shape index (κ3) is 7.66. The summed E-state index contributed by atoms with van der Waals surface area (Å²) in [5.74, 6) is 0.644. The molecule has 0 radical (unpaired) electrons. The number of methoxy groups -OCH3 is 1. The molecule has 0 saturated carbocycles. The highest BCUT2D eigenvalue weighted by Gasteiger charge is 2.02. The maximum Gasteiger partial charge on any atom is 0.225 e. The van der Waals surface area contributed by atoms with E-state index in [1.165, 1.54) is 0 Å². The molecular weight excluding hydrogens is 268 g/mol. The molecule has 0 aliphatic carbocycles. The van der Waals surface area contributed by atoms with Gasteiger partial charge in [-0.15, -0.1) is 12.4 Å². The summed E-state index contributed by atoms with van der Waals surface area (Å²) in [6.45, 7) is 1.61. The molecule has 1 aromatic rings. The van der Waals surface area contributed by atoms with Crippen molar-refractivity contribution in [1.29, 1.82) is 0 Å². The average Bonchev–Trinajstić information content (AvgIpc) is 2.35. The summed E-state index contributed by atoms with van der Waals surface area (Å²) in [5.41, 5.74) is 6.03. The van der Waals surface area contributed by atoms with Gasteiger partial charge >= 0.3 is 0 Å². The normalized spacial score (nSPS) is 9.58. The van der Waals surface area contributed by atoms with Crippen molar-refractivity contribution in [2.24, 2.45) is 5.73 Å². The van der Waals surface area contributed by atoms with Crippen LogP contribution in [0.3, 0.4) is 0 Å². The first-order chi connectivity index (χ1) is 8.76. The minimum Gasteiger partial charge on any atom is -0.493 e. The van der Waals surface area contributed by atoms with E-state index in [0.717, 1.165) is 17.9 Å². The SMILES string of the molecule is COCCCOc1cccc(NC(=O)CCN)c1.Cl. The van der Waals surface area contributed by atoms with Gasteiger partial charge < -0.3 is 20.5 Å². The monoisotopic (exact) mass is 288 g/mol. The van der Waals surface area contributed by atoms with Gasteiger partial charge in [0.1, 0.15) is 5.75 Å². The Kier molecular flexibility index (Phi) is 9.88. The van der Waals surface area contributed by atoms with Gasteiger partial charge in [-0.3, -0.25) is 4.79 Å². The number of nitrogens with two attached hydrogens (primary N) is 1. The number of carbonyl (C=O) groups excluding carboxylic acids is 1. The van der Waals surface area contributed by atoms with Crippen molar-refractivity contribution in [3.05, 3.63) is 24.3 Å². The number of rotatable bonds is 8. The first-order valence-electron chi connectivity index (χ1n) is 5.98. The Labute approximate surface area is 119 Å². The third-order valence-corrected chi connectivity index (χ3v) is 2.25. The van der Waals surface area contributed by atoms with Gasteiger partial charge in [0.15, 0.2) is 0 Å². The number of anilines is 1. The zero-order valence-corrected chi connectivity index (χ0v) is 11.9. The lowest BCUT2D eigenvalue weighted by Gasteiger charge is -2.08. The summed E-state index contributed by atoms with van der Waals surface area (Å²) >= 11 is 0. The molecule has 0 aliphatic heterocycles. The molecule has 0 fully saturated rings. The van der Waals surface area contributed by atoms with Gasteiger partial charge in [0, 0.05) is 44.9 Å². The fourth-order valence-electron chi connectivity index (χ4n) is 1.41. The molecule has 0 spiro atoms. The topological polar surface area (TPSA) is 73.6 Å². The van der Waals surface area contributed by atoms with Crippen LogP contribution in [-0.4, -0.2) is 32.8 Å². The average molecular weight is 289 g/mol. The standard InChI is InChI=1S/C13H20N2O3.ClH/c1-17-8-3-9-18-12-5-2-4-11(10-12)15-13(16)6-7-14;/h2,4-5,10H,3,6-9,14H2,1H3,(H,15,16);1H. The first-order valence-corrected chi connectivity index (χ1v) is 5.98. The van der Waals surface area contributed by atoms with Crippen LogP contribution in [0.15, 0.2) is 24.3 Å². The summed E-state index contributed by atoms with van der Waals surface area (Å²) in [6, 6.07) is 7.30. The molecule has 0 saturated heterocycles. The highest BCUT2D eigenvalue weighted by atomic mass is 35.5. The Hall–Kier alpha value is -1.30. The summed E-state index contributed by atoms with van der Waals surface area (Å²) in [4.78, 5) is 11.4. The van der Waals surface area contributed by atoms with Gasteiger partial charge in [0.25, 0.3) is 0 Å². The predicted octanol–water partition coefficient (Wildman–Crippen LogP) is 1.81.